The van der Waals surface area contributed by atoms with Gasteiger partial charge in [-0.3, -0.25) is 0 Å². The number of aromatic nitrogens is 1. The molecule has 0 spiro atoms. The van der Waals surface area contributed by atoms with Crippen molar-refractivity contribution in [1.29, 1.82) is 0 Å². The van der Waals surface area contributed by atoms with Crippen molar-refractivity contribution >= 4 is 34.0 Å². The molecule has 0 fully saturated rings. The molecule has 1 heterocycles. The molecule has 0 saturated heterocycles. The fraction of sp³-hybridized carbons (Fsp3) is 0.0488. The fourth-order valence-corrected chi connectivity index (χ4v) is 5.98. The lowest BCUT2D eigenvalue weighted by molar-refractivity contribution is -0.138. The van der Waals surface area contributed by atoms with Crippen LogP contribution in [-0.2, 0) is 12.4 Å². The van der Waals surface area contributed by atoms with E-state index in [1.165, 1.54) is 24.3 Å². The van der Waals surface area contributed by atoms with Gasteiger partial charge >= 0.3 is 12.4 Å². The average molecular weight is 676 g/mol. The van der Waals surface area contributed by atoms with Crippen LogP contribution in [0.15, 0.2) is 163 Å². The van der Waals surface area contributed by atoms with E-state index in [1.54, 1.807) is 23.0 Å². The van der Waals surface area contributed by atoms with Gasteiger partial charge in [0, 0.05) is 39.0 Å². The van der Waals surface area contributed by atoms with Crippen molar-refractivity contribution in [2.24, 2.45) is 5.10 Å². The van der Waals surface area contributed by atoms with E-state index in [9.17, 15) is 26.3 Å². The van der Waals surface area contributed by atoms with Crippen molar-refractivity contribution in [3.8, 4) is 22.5 Å². The van der Waals surface area contributed by atoms with Crippen LogP contribution >= 0.6 is 0 Å². The Morgan fingerprint density at radius 2 is 0.820 bits per heavy atom. The molecule has 7 rings (SSSR count). The van der Waals surface area contributed by atoms with Crippen molar-refractivity contribution in [3.05, 3.63) is 174 Å². The predicted octanol–water partition coefficient (Wildman–Crippen LogP) is 12.4. The topological polar surface area (TPSA) is 20.5 Å². The molecule has 0 unspecified atom stereocenters. The molecule has 7 aromatic rings. The minimum atomic E-state index is -4.52. The molecule has 0 aliphatic carbocycles. The van der Waals surface area contributed by atoms with E-state index in [-0.39, 0.29) is 0 Å². The first-order valence-electron chi connectivity index (χ1n) is 15.6. The summed E-state index contributed by atoms with van der Waals surface area (Å²) >= 11 is 0. The van der Waals surface area contributed by atoms with E-state index in [0.29, 0.717) is 33.3 Å². The number of hydrogen-bond acceptors (Lipinski definition) is 2. The summed E-state index contributed by atoms with van der Waals surface area (Å²) in [5, 5.41) is 6.19. The van der Waals surface area contributed by atoms with Gasteiger partial charge in [-0.05, 0) is 66.2 Å². The number of hydrogen-bond donors (Lipinski definition) is 0. The largest absolute Gasteiger partial charge is 0.416 e. The van der Waals surface area contributed by atoms with Gasteiger partial charge in [-0.25, -0.2) is 4.68 Å². The molecule has 9 heteroatoms. The van der Waals surface area contributed by atoms with Crippen LogP contribution in [0.25, 0.3) is 33.3 Å². The summed E-state index contributed by atoms with van der Waals surface area (Å²) in [7, 11) is 0. The highest BCUT2D eigenvalue weighted by Crippen LogP contribution is 2.41. The standard InChI is InChI=1S/C41H27F6N3/c42-40(43,44)31-21-17-29(18-22-31)38-36-13-7-8-14-37(36)39(30-19-23-32(24-20-30)41(45,46)47)50(38)48-27-28-15-25-35(26-16-28)49(33-9-3-1-4-10-33)34-11-5-2-6-12-34/h1-27H. The van der Waals surface area contributed by atoms with Gasteiger partial charge in [0.25, 0.3) is 0 Å². The first-order chi connectivity index (χ1) is 24.1. The zero-order chi connectivity index (χ0) is 34.9. The third kappa shape index (κ3) is 6.50. The summed E-state index contributed by atoms with van der Waals surface area (Å²) < 4.78 is 82.4. The van der Waals surface area contributed by atoms with E-state index in [0.717, 1.165) is 46.9 Å². The Bertz CT molecular complexity index is 2120. The van der Waals surface area contributed by atoms with Gasteiger partial charge in [0.15, 0.2) is 0 Å². The summed E-state index contributed by atoms with van der Waals surface area (Å²) in [6.45, 7) is 0. The van der Waals surface area contributed by atoms with Crippen LogP contribution in [0.2, 0.25) is 0 Å². The number of anilines is 3. The number of para-hydroxylation sites is 2. The zero-order valence-corrected chi connectivity index (χ0v) is 26.2. The second kappa shape index (κ2) is 13.1. The Morgan fingerprint density at radius 3 is 1.22 bits per heavy atom. The van der Waals surface area contributed by atoms with E-state index in [1.807, 2.05) is 97.1 Å². The third-order valence-electron chi connectivity index (χ3n) is 8.33. The Labute approximate surface area is 284 Å². The summed E-state index contributed by atoms with van der Waals surface area (Å²) in [5.74, 6) is 0. The lowest BCUT2D eigenvalue weighted by Gasteiger charge is -2.25. The molecule has 1 aromatic heterocycles. The minimum Gasteiger partial charge on any atom is -0.311 e. The minimum absolute atomic E-state index is 0.459. The van der Waals surface area contributed by atoms with Gasteiger partial charge < -0.3 is 4.90 Å². The molecular weight excluding hydrogens is 648 g/mol. The molecule has 3 nitrogen and oxygen atoms in total. The molecule has 0 bridgehead atoms. The second-order valence-corrected chi connectivity index (χ2v) is 11.5. The lowest BCUT2D eigenvalue weighted by Crippen LogP contribution is -2.09. The van der Waals surface area contributed by atoms with Crippen molar-refractivity contribution in [3.63, 3.8) is 0 Å². The van der Waals surface area contributed by atoms with E-state index < -0.39 is 23.5 Å². The number of nitrogens with zero attached hydrogens (tertiary/aromatic N) is 3. The van der Waals surface area contributed by atoms with Crippen molar-refractivity contribution < 1.29 is 26.3 Å². The maximum atomic E-state index is 13.5. The SMILES string of the molecule is FC(F)(F)c1ccc(-c2c3ccccc3c(-c3ccc(C(F)(F)F)cc3)n2N=Cc2ccc(N(c3ccccc3)c3ccccc3)cc2)cc1. The van der Waals surface area contributed by atoms with Gasteiger partial charge in [-0.2, -0.15) is 31.4 Å². The Morgan fingerprint density at radius 1 is 0.440 bits per heavy atom. The smallest absolute Gasteiger partial charge is 0.311 e. The van der Waals surface area contributed by atoms with Crippen LogP contribution in [0.5, 0.6) is 0 Å². The summed E-state index contributed by atoms with van der Waals surface area (Å²) in [5.41, 5.74) is 3.90. The van der Waals surface area contributed by atoms with Crippen molar-refractivity contribution in [1.82, 2.24) is 4.68 Å². The highest BCUT2D eigenvalue weighted by molar-refractivity contribution is 6.05. The predicted molar refractivity (Wildman–Crippen MR) is 187 cm³/mol. The molecule has 0 aliphatic rings. The summed E-state index contributed by atoms with van der Waals surface area (Å²) in [4.78, 5) is 2.12. The van der Waals surface area contributed by atoms with Crippen LogP contribution in [0.1, 0.15) is 16.7 Å². The summed E-state index contributed by atoms with van der Waals surface area (Å²) in [6.07, 6.45) is -7.41. The molecule has 0 atom stereocenters. The summed E-state index contributed by atoms with van der Waals surface area (Å²) in [6, 6.07) is 44.3. The number of alkyl halides is 6. The van der Waals surface area contributed by atoms with E-state index in [4.69, 9.17) is 5.10 Å². The molecule has 6 aromatic carbocycles. The van der Waals surface area contributed by atoms with Crippen LogP contribution in [0.3, 0.4) is 0 Å². The van der Waals surface area contributed by atoms with Crippen LogP contribution < -0.4 is 4.90 Å². The van der Waals surface area contributed by atoms with Gasteiger partial charge in [0.2, 0.25) is 0 Å². The normalized spacial score (nSPS) is 12.1. The lowest BCUT2D eigenvalue weighted by atomic mass is 10.0. The highest BCUT2D eigenvalue weighted by Gasteiger charge is 2.31. The van der Waals surface area contributed by atoms with Gasteiger partial charge in [0.1, 0.15) is 0 Å². The van der Waals surface area contributed by atoms with Crippen LogP contribution in [-0.4, -0.2) is 10.9 Å². The van der Waals surface area contributed by atoms with Crippen molar-refractivity contribution in [2.45, 2.75) is 12.4 Å². The number of fused-ring (bicyclic) bond motifs is 1. The van der Waals surface area contributed by atoms with E-state index in [2.05, 4.69) is 4.90 Å². The fourth-order valence-electron chi connectivity index (χ4n) is 5.98. The molecule has 0 radical (unpaired) electrons. The molecule has 50 heavy (non-hydrogen) atoms. The maximum Gasteiger partial charge on any atom is 0.416 e. The number of halogens is 6. The van der Waals surface area contributed by atoms with Gasteiger partial charge in [0.05, 0.1) is 28.7 Å². The monoisotopic (exact) mass is 675 g/mol. The highest BCUT2D eigenvalue weighted by atomic mass is 19.4. The Kier molecular flexibility index (Phi) is 8.49. The number of benzene rings is 6. The Hall–Kier alpha value is -6.09. The first-order valence-corrected chi connectivity index (χ1v) is 15.6. The van der Waals surface area contributed by atoms with Gasteiger partial charge in [-0.1, -0.05) is 97.1 Å². The average Bonchev–Trinajstić information content (AvgIpc) is 3.46. The zero-order valence-electron chi connectivity index (χ0n) is 26.2. The quantitative estimate of drug-likeness (QED) is 0.122. The number of rotatable bonds is 7. The third-order valence-corrected chi connectivity index (χ3v) is 8.33. The first kappa shape index (κ1) is 32.5. The molecular formula is C41H27F6N3. The molecule has 0 saturated carbocycles. The van der Waals surface area contributed by atoms with Crippen LogP contribution in [0.4, 0.5) is 43.4 Å². The molecule has 248 valence electrons. The Balaban J connectivity index is 1.35. The van der Waals surface area contributed by atoms with Crippen LogP contribution in [0, 0.1) is 0 Å². The maximum absolute atomic E-state index is 13.5. The van der Waals surface area contributed by atoms with E-state index >= 15 is 0 Å². The van der Waals surface area contributed by atoms with Crippen molar-refractivity contribution in [2.75, 3.05) is 4.90 Å². The molecule has 0 N–H and O–H groups in total. The van der Waals surface area contributed by atoms with Gasteiger partial charge in [-0.15, -0.1) is 0 Å². The second-order valence-electron chi connectivity index (χ2n) is 11.5. The molecule has 0 aliphatic heterocycles. The molecule has 0 amide bonds.